The van der Waals surface area contributed by atoms with E-state index in [1.165, 1.54) is 0 Å². The van der Waals surface area contributed by atoms with Crippen LogP contribution >= 0.6 is 0 Å². The summed E-state index contributed by atoms with van der Waals surface area (Å²) in [6, 6.07) is 59.5. The highest BCUT2D eigenvalue weighted by molar-refractivity contribution is 5.92. The van der Waals surface area contributed by atoms with Crippen molar-refractivity contribution in [2.75, 3.05) is 0 Å². The van der Waals surface area contributed by atoms with E-state index in [0.29, 0.717) is 22.8 Å². The van der Waals surface area contributed by atoms with E-state index in [4.69, 9.17) is 20.5 Å². The Kier molecular flexibility index (Phi) is 12.6. The molecule has 0 N–H and O–H groups in total. The Hall–Kier alpha value is -7.58. The zero-order chi connectivity index (χ0) is 40.1. The number of hydrogen-bond acceptors (Lipinski definition) is 8. The summed E-state index contributed by atoms with van der Waals surface area (Å²) >= 11 is 0. The molecule has 58 heavy (non-hydrogen) atoms. The first-order valence-corrected chi connectivity index (χ1v) is 19.0. The molecular weight excluding hydrogens is 713 g/mol. The van der Waals surface area contributed by atoms with E-state index in [-0.39, 0.29) is 0 Å². The van der Waals surface area contributed by atoms with Crippen molar-refractivity contribution in [1.29, 1.82) is 0 Å². The summed E-state index contributed by atoms with van der Waals surface area (Å²) in [5.41, 5.74) is 12.9. The van der Waals surface area contributed by atoms with Crippen molar-refractivity contribution >= 4 is 45.5 Å². The highest BCUT2D eigenvalue weighted by Gasteiger charge is 2.16. The molecule has 0 aliphatic rings. The largest absolute Gasteiger partial charge is 0.150 e. The number of nitrogens with zero attached hydrogens (tertiary/aromatic N) is 8. The Morgan fingerprint density at radius 2 is 0.448 bits per heavy atom. The minimum atomic E-state index is 0.545. The maximum Gasteiger partial charge on any atom is 0.121 e. The van der Waals surface area contributed by atoms with Crippen LogP contribution in [0.2, 0.25) is 0 Å². The molecule has 0 aliphatic heterocycles. The smallest absolute Gasteiger partial charge is 0.121 e. The second-order valence-electron chi connectivity index (χ2n) is 13.8. The van der Waals surface area contributed by atoms with Crippen LogP contribution < -0.4 is 0 Å². The van der Waals surface area contributed by atoms with Crippen LogP contribution in [0, 0.1) is 27.7 Å². The lowest BCUT2D eigenvalue weighted by molar-refractivity contribution is 1.19. The molecule has 0 atom stereocenters. The molecule has 0 radical (unpaired) electrons. The van der Waals surface area contributed by atoms with Crippen molar-refractivity contribution in [3.63, 3.8) is 0 Å². The zero-order valence-corrected chi connectivity index (χ0v) is 32.9. The van der Waals surface area contributed by atoms with E-state index in [9.17, 15) is 0 Å². The molecule has 0 amide bonds. The van der Waals surface area contributed by atoms with Crippen LogP contribution in [0.15, 0.2) is 223 Å². The summed E-state index contributed by atoms with van der Waals surface area (Å²) < 4.78 is 0. The van der Waals surface area contributed by atoms with E-state index >= 15 is 0 Å². The Morgan fingerprint density at radius 3 is 0.672 bits per heavy atom. The van der Waals surface area contributed by atoms with E-state index in [0.717, 1.165) is 67.3 Å². The van der Waals surface area contributed by atoms with Gasteiger partial charge in [-0.25, -0.2) is 0 Å². The topological polar surface area (TPSA) is 98.9 Å². The molecule has 0 saturated carbocycles. The first kappa shape index (κ1) is 38.7. The number of rotatable bonds is 12. The van der Waals surface area contributed by atoms with Gasteiger partial charge in [-0.1, -0.05) is 156 Å². The van der Waals surface area contributed by atoms with Crippen molar-refractivity contribution in [1.82, 2.24) is 0 Å². The third-order valence-corrected chi connectivity index (χ3v) is 9.17. The number of azo groups is 4. The van der Waals surface area contributed by atoms with Crippen molar-refractivity contribution in [2.24, 2.45) is 40.9 Å². The lowest BCUT2D eigenvalue weighted by Crippen LogP contribution is -1.92. The highest BCUT2D eigenvalue weighted by atomic mass is 15.2. The first-order valence-electron chi connectivity index (χ1n) is 19.0. The van der Waals surface area contributed by atoms with Crippen LogP contribution in [0.25, 0.3) is 22.8 Å². The van der Waals surface area contributed by atoms with Crippen LogP contribution in [0.5, 0.6) is 0 Å². The Morgan fingerprint density at radius 1 is 0.241 bits per heavy atom. The summed E-state index contributed by atoms with van der Waals surface area (Å²) in [5.74, 6) is 0. The van der Waals surface area contributed by atoms with E-state index in [1.54, 1.807) is 0 Å². The van der Waals surface area contributed by atoms with E-state index < -0.39 is 0 Å². The Labute approximate surface area is 339 Å². The standard InChI is InChI=1S/C50H42N8/c1-35-15-27-43(28-16-35)51-55-47(39-11-7-5-8-12-39)49(57-53-45-31-19-37(3)20-32-45)41-23-25-42(26-24-41)50(58-54-46-33-21-38(4)22-34-46)48(40-13-9-6-10-14-40)56-52-44-29-17-36(2)18-30-44/h5-34H,1-4H3. The van der Waals surface area contributed by atoms with E-state index in [2.05, 4.69) is 20.5 Å². The van der Waals surface area contributed by atoms with Gasteiger partial charge < -0.3 is 0 Å². The van der Waals surface area contributed by atoms with Gasteiger partial charge in [-0.05, 0) is 76.2 Å². The molecule has 0 saturated heterocycles. The van der Waals surface area contributed by atoms with Gasteiger partial charge in [0, 0.05) is 22.3 Å². The van der Waals surface area contributed by atoms with Gasteiger partial charge in [0.2, 0.25) is 0 Å². The number of hydrogen-bond donors (Lipinski definition) is 0. The van der Waals surface area contributed by atoms with Gasteiger partial charge in [0.25, 0.3) is 0 Å². The molecule has 282 valence electrons. The molecule has 0 spiro atoms. The van der Waals surface area contributed by atoms with Crippen molar-refractivity contribution in [3.05, 3.63) is 226 Å². The van der Waals surface area contributed by atoms with Gasteiger partial charge in [0.05, 0.1) is 22.7 Å². The fourth-order valence-electron chi connectivity index (χ4n) is 5.82. The highest BCUT2D eigenvalue weighted by Crippen LogP contribution is 2.36. The molecule has 0 aromatic heterocycles. The van der Waals surface area contributed by atoms with Gasteiger partial charge in [-0.15, -0.1) is 20.5 Å². The summed E-state index contributed by atoms with van der Waals surface area (Å²) in [7, 11) is 0. The van der Waals surface area contributed by atoms with Crippen LogP contribution in [0.1, 0.15) is 44.5 Å². The predicted molar refractivity (Wildman–Crippen MR) is 236 cm³/mol. The fraction of sp³-hybridized carbons (Fsp3) is 0.0800. The fourth-order valence-corrected chi connectivity index (χ4v) is 5.82. The third-order valence-electron chi connectivity index (χ3n) is 9.17. The third kappa shape index (κ3) is 10.4. The summed E-state index contributed by atoms with van der Waals surface area (Å²) in [4.78, 5) is 0. The molecule has 0 heterocycles. The van der Waals surface area contributed by atoms with Crippen molar-refractivity contribution in [3.8, 4) is 0 Å². The average molecular weight is 755 g/mol. The summed E-state index contributed by atoms with van der Waals surface area (Å²) in [6.45, 7) is 8.18. The first-order chi connectivity index (χ1) is 28.4. The maximum atomic E-state index is 4.87. The molecule has 8 nitrogen and oxygen atoms in total. The van der Waals surface area contributed by atoms with Gasteiger partial charge >= 0.3 is 0 Å². The van der Waals surface area contributed by atoms with Gasteiger partial charge in [-0.2, -0.15) is 20.5 Å². The Balaban J connectivity index is 1.40. The van der Waals surface area contributed by atoms with Gasteiger partial charge in [-0.3, -0.25) is 0 Å². The summed E-state index contributed by atoms with van der Waals surface area (Å²) in [5, 5.41) is 38.1. The monoisotopic (exact) mass is 754 g/mol. The molecule has 0 bridgehead atoms. The van der Waals surface area contributed by atoms with Crippen LogP contribution in [0.4, 0.5) is 22.7 Å². The molecule has 7 aromatic rings. The molecule has 0 unspecified atom stereocenters. The molecule has 8 heteroatoms. The van der Waals surface area contributed by atoms with Gasteiger partial charge in [0.1, 0.15) is 22.8 Å². The molecule has 0 aliphatic carbocycles. The van der Waals surface area contributed by atoms with Crippen LogP contribution in [-0.4, -0.2) is 0 Å². The van der Waals surface area contributed by atoms with E-state index in [1.807, 2.05) is 210 Å². The predicted octanol–water partition coefficient (Wildman–Crippen LogP) is 15.7. The second-order valence-corrected chi connectivity index (χ2v) is 13.8. The lowest BCUT2D eigenvalue weighted by atomic mass is 10.0. The second kappa shape index (κ2) is 18.8. The van der Waals surface area contributed by atoms with Crippen LogP contribution in [0.3, 0.4) is 0 Å². The van der Waals surface area contributed by atoms with Crippen LogP contribution in [-0.2, 0) is 0 Å². The average Bonchev–Trinajstić information content (AvgIpc) is 3.26. The zero-order valence-electron chi connectivity index (χ0n) is 32.9. The summed E-state index contributed by atoms with van der Waals surface area (Å²) in [6.07, 6.45) is 0. The lowest BCUT2D eigenvalue weighted by Gasteiger charge is -2.11. The SMILES string of the molecule is Cc1ccc(N=NC(=C(N=Nc2ccc(C)cc2)c2ccc(C(N=Nc3ccc(C)cc3)=C(N=Nc3ccc(C)cc3)c3ccccc3)cc2)c2ccccc2)cc1. The number of benzene rings is 7. The molecule has 0 fully saturated rings. The van der Waals surface area contributed by atoms with Gasteiger partial charge in [0.15, 0.2) is 0 Å². The Bertz CT molecular complexity index is 2440. The minimum absolute atomic E-state index is 0.545. The molecular formula is C50H42N8. The molecule has 7 rings (SSSR count). The van der Waals surface area contributed by atoms with Crippen molar-refractivity contribution in [2.45, 2.75) is 27.7 Å². The normalized spacial score (nSPS) is 12.8. The number of aryl methyl sites for hydroxylation is 4. The minimum Gasteiger partial charge on any atom is -0.150 e. The quantitative estimate of drug-likeness (QED) is 0.0876. The van der Waals surface area contributed by atoms with Crippen molar-refractivity contribution < 1.29 is 0 Å². The molecule has 7 aromatic carbocycles. The maximum absolute atomic E-state index is 4.87.